The van der Waals surface area contributed by atoms with Crippen LogP contribution < -0.4 is 10.6 Å². The summed E-state index contributed by atoms with van der Waals surface area (Å²) in [5, 5.41) is 48.1. The van der Waals surface area contributed by atoms with Gasteiger partial charge in [-0.25, -0.2) is 0 Å². The highest BCUT2D eigenvalue weighted by atomic mass is 16.3. The third-order valence-electron chi connectivity index (χ3n) is 6.62. The van der Waals surface area contributed by atoms with Crippen LogP contribution in [0.15, 0.2) is 109 Å². The van der Waals surface area contributed by atoms with Crippen molar-refractivity contribution in [3.63, 3.8) is 0 Å². The van der Waals surface area contributed by atoms with Gasteiger partial charge in [-0.05, 0) is 60.4 Å². The van der Waals surface area contributed by atoms with E-state index in [1.165, 1.54) is 48.5 Å². The molecule has 0 spiro atoms. The van der Waals surface area contributed by atoms with Crippen LogP contribution in [0.25, 0.3) is 0 Å². The van der Waals surface area contributed by atoms with Crippen LogP contribution >= 0.6 is 0 Å². The van der Waals surface area contributed by atoms with E-state index in [0.717, 1.165) is 11.1 Å². The fourth-order valence-electron chi connectivity index (χ4n) is 4.52. The molecule has 0 bridgehead atoms. The molecule has 0 saturated carbocycles. The molecule has 2 amide bonds. The first kappa shape index (κ1) is 28.4. The summed E-state index contributed by atoms with van der Waals surface area (Å²) in [6.45, 7) is 0. The lowest BCUT2D eigenvalue weighted by molar-refractivity contribution is -0.0219. The Morgan fingerprint density at radius 2 is 0.925 bits per heavy atom. The minimum Gasteiger partial charge on any atom is -0.508 e. The molecule has 40 heavy (non-hydrogen) atoms. The van der Waals surface area contributed by atoms with E-state index in [1.54, 1.807) is 0 Å². The smallest absolute Gasteiger partial charge is 0.251 e. The summed E-state index contributed by atoms with van der Waals surface area (Å²) in [6.07, 6.45) is -2.58. The van der Waals surface area contributed by atoms with Gasteiger partial charge >= 0.3 is 0 Å². The number of phenolic OH excluding ortho intramolecular Hbond substituents is 2. The molecular weight excluding hydrogens is 508 g/mol. The van der Waals surface area contributed by atoms with Gasteiger partial charge in [-0.3, -0.25) is 9.59 Å². The van der Waals surface area contributed by atoms with Crippen LogP contribution in [0.2, 0.25) is 0 Å². The molecule has 4 aromatic carbocycles. The highest BCUT2D eigenvalue weighted by Crippen LogP contribution is 2.18. The molecule has 0 aliphatic carbocycles. The SMILES string of the molecule is O=C(N[C@@H](Cc1ccccc1)[C@@H](O)[C@H](O)[C@@H](Cc1ccccc1)NC(=O)c1cccc(O)c1)c1cccc(O)c1. The minimum atomic E-state index is -1.49. The van der Waals surface area contributed by atoms with Crippen LogP contribution in [0, 0.1) is 0 Å². The molecule has 4 atom stereocenters. The Kier molecular flexibility index (Phi) is 9.51. The normalized spacial score (nSPS) is 13.9. The lowest BCUT2D eigenvalue weighted by Gasteiger charge is -2.33. The minimum absolute atomic E-state index is 0.0783. The third-order valence-corrected chi connectivity index (χ3v) is 6.62. The Morgan fingerprint density at radius 1 is 0.550 bits per heavy atom. The van der Waals surface area contributed by atoms with Crippen molar-refractivity contribution < 1.29 is 30.0 Å². The molecule has 8 heteroatoms. The van der Waals surface area contributed by atoms with Crippen molar-refractivity contribution >= 4 is 11.8 Å². The van der Waals surface area contributed by atoms with Crippen molar-refractivity contribution in [2.75, 3.05) is 0 Å². The summed E-state index contributed by atoms with van der Waals surface area (Å²) < 4.78 is 0. The first-order valence-electron chi connectivity index (χ1n) is 12.9. The Labute approximate surface area is 232 Å². The first-order valence-corrected chi connectivity index (χ1v) is 12.9. The van der Waals surface area contributed by atoms with Crippen molar-refractivity contribution in [2.45, 2.75) is 37.1 Å². The molecule has 0 aromatic heterocycles. The van der Waals surface area contributed by atoms with Crippen molar-refractivity contribution in [1.29, 1.82) is 0 Å². The summed E-state index contributed by atoms with van der Waals surface area (Å²) in [4.78, 5) is 26.1. The summed E-state index contributed by atoms with van der Waals surface area (Å²) in [6, 6.07) is 28.2. The third kappa shape index (κ3) is 7.69. The van der Waals surface area contributed by atoms with Gasteiger partial charge in [0.2, 0.25) is 0 Å². The van der Waals surface area contributed by atoms with Gasteiger partial charge in [-0.1, -0.05) is 72.8 Å². The van der Waals surface area contributed by atoms with Gasteiger partial charge in [-0.15, -0.1) is 0 Å². The molecule has 0 saturated heterocycles. The summed E-state index contributed by atoms with van der Waals surface area (Å²) in [5.74, 6) is -1.23. The number of phenols is 2. The Morgan fingerprint density at radius 3 is 1.27 bits per heavy atom. The molecule has 206 valence electrons. The Balaban J connectivity index is 1.61. The molecular formula is C32H32N2O6. The number of carbonyl (C=O) groups excluding carboxylic acids is 2. The summed E-state index contributed by atoms with van der Waals surface area (Å²) >= 11 is 0. The number of aromatic hydroxyl groups is 2. The number of hydrogen-bond acceptors (Lipinski definition) is 6. The quantitative estimate of drug-likeness (QED) is 0.173. The number of hydrogen-bond donors (Lipinski definition) is 6. The molecule has 4 aromatic rings. The van der Waals surface area contributed by atoms with Crippen molar-refractivity contribution in [1.82, 2.24) is 10.6 Å². The van der Waals surface area contributed by atoms with Gasteiger partial charge in [0, 0.05) is 11.1 Å². The van der Waals surface area contributed by atoms with E-state index in [4.69, 9.17) is 0 Å². The zero-order valence-electron chi connectivity index (χ0n) is 21.7. The largest absolute Gasteiger partial charge is 0.508 e. The number of aliphatic hydroxyl groups is 2. The van der Waals surface area contributed by atoms with Crippen molar-refractivity contribution in [3.05, 3.63) is 131 Å². The fourth-order valence-corrected chi connectivity index (χ4v) is 4.52. The van der Waals surface area contributed by atoms with Gasteiger partial charge in [0.25, 0.3) is 11.8 Å². The van der Waals surface area contributed by atoms with Gasteiger partial charge in [0.1, 0.15) is 23.7 Å². The van der Waals surface area contributed by atoms with Gasteiger partial charge < -0.3 is 31.1 Å². The fraction of sp³-hybridized carbons (Fsp3) is 0.188. The number of aliphatic hydroxyl groups excluding tert-OH is 2. The predicted octanol–water partition coefficient (Wildman–Crippen LogP) is 3.20. The lowest BCUT2D eigenvalue weighted by Crippen LogP contribution is -2.57. The molecule has 0 aliphatic rings. The van der Waals surface area contributed by atoms with Crippen LogP contribution in [-0.4, -0.2) is 56.5 Å². The van der Waals surface area contributed by atoms with Crippen LogP contribution in [0.5, 0.6) is 11.5 Å². The lowest BCUT2D eigenvalue weighted by atomic mass is 9.90. The Bertz CT molecular complexity index is 1300. The predicted molar refractivity (Wildman–Crippen MR) is 151 cm³/mol. The maximum atomic E-state index is 13.1. The zero-order valence-corrected chi connectivity index (χ0v) is 21.7. The summed E-state index contributed by atoms with van der Waals surface area (Å²) in [7, 11) is 0. The molecule has 0 radical (unpaired) electrons. The van der Waals surface area contributed by atoms with Crippen LogP contribution in [0.4, 0.5) is 0 Å². The maximum absolute atomic E-state index is 13.1. The molecule has 8 nitrogen and oxygen atoms in total. The van der Waals surface area contributed by atoms with E-state index in [1.807, 2.05) is 60.7 Å². The molecule has 0 fully saturated rings. The highest BCUT2D eigenvalue weighted by molar-refractivity contribution is 5.95. The number of carbonyl (C=O) groups is 2. The van der Waals surface area contributed by atoms with E-state index in [2.05, 4.69) is 10.6 Å². The van der Waals surface area contributed by atoms with E-state index in [9.17, 15) is 30.0 Å². The van der Waals surface area contributed by atoms with Crippen molar-refractivity contribution in [2.24, 2.45) is 0 Å². The molecule has 0 unspecified atom stereocenters. The van der Waals surface area contributed by atoms with Crippen LogP contribution in [0.3, 0.4) is 0 Å². The number of nitrogens with one attached hydrogen (secondary N) is 2. The topological polar surface area (TPSA) is 139 Å². The van der Waals surface area contributed by atoms with Gasteiger partial charge in [0.15, 0.2) is 0 Å². The number of rotatable bonds is 11. The maximum Gasteiger partial charge on any atom is 0.251 e. The average Bonchev–Trinajstić information content (AvgIpc) is 2.96. The molecule has 0 heterocycles. The van der Waals surface area contributed by atoms with Gasteiger partial charge in [0.05, 0.1) is 12.1 Å². The van der Waals surface area contributed by atoms with E-state index >= 15 is 0 Å². The molecule has 6 N–H and O–H groups in total. The average molecular weight is 541 g/mol. The first-order chi connectivity index (χ1) is 19.3. The van der Waals surface area contributed by atoms with E-state index in [0.29, 0.717) is 0 Å². The number of amides is 2. The second-order valence-corrected chi connectivity index (χ2v) is 9.62. The number of benzene rings is 4. The van der Waals surface area contributed by atoms with Crippen LogP contribution in [-0.2, 0) is 12.8 Å². The highest BCUT2D eigenvalue weighted by Gasteiger charge is 2.34. The monoisotopic (exact) mass is 540 g/mol. The standard InChI is InChI=1S/C32H32N2O6/c35-25-15-7-13-23(19-25)31(39)33-27(17-21-9-3-1-4-10-21)29(37)30(38)28(18-22-11-5-2-6-12-22)34-32(40)24-14-8-16-26(36)20-24/h1-16,19-20,27-30,35-38H,17-18H2,(H,33,39)(H,34,40)/t27-,28+,29-,30-/m1/s1. The van der Waals surface area contributed by atoms with Gasteiger partial charge in [-0.2, -0.15) is 0 Å². The van der Waals surface area contributed by atoms with Crippen molar-refractivity contribution in [3.8, 4) is 11.5 Å². The molecule has 0 aliphatic heterocycles. The zero-order chi connectivity index (χ0) is 28.5. The van der Waals surface area contributed by atoms with E-state index in [-0.39, 0.29) is 35.5 Å². The van der Waals surface area contributed by atoms with Crippen LogP contribution in [0.1, 0.15) is 31.8 Å². The second kappa shape index (κ2) is 13.4. The molecule has 4 rings (SSSR count). The Hall–Kier alpha value is -4.66. The second-order valence-electron chi connectivity index (χ2n) is 9.62. The van der Waals surface area contributed by atoms with E-state index < -0.39 is 36.1 Å². The summed E-state index contributed by atoms with van der Waals surface area (Å²) in [5.41, 5.74) is 2.02.